The van der Waals surface area contributed by atoms with E-state index < -0.39 is 0 Å². The summed E-state index contributed by atoms with van der Waals surface area (Å²) in [7, 11) is 1.52. The van der Waals surface area contributed by atoms with Gasteiger partial charge in [-0.3, -0.25) is 0 Å². The summed E-state index contributed by atoms with van der Waals surface area (Å²) in [6.07, 6.45) is 0.930. The van der Waals surface area contributed by atoms with Gasteiger partial charge in [0, 0.05) is 17.8 Å². The Morgan fingerprint density at radius 1 is 1.23 bits per heavy atom. The number of ether oxygens (including phenoxy) is 1. The number of phenols is 1. The molecule has 4 rings (SSSR count). The van der Waals surface area contributed by atoms with Gasteiger partial charge in [0.25, 0.3) is 5.89 Å². The van der Waals surface area contributed by atoms with E-state index in [1.54, 1.807) is 12.1 Å². The summed E-state index contributed by atoms with van der Waals surface area (Å²) in [5.41, 5.74) is 3.44. The zero-order valence-corrected chi connectivity index (χ0v) is 18.4. The van der Waals surface area contributed by atoms with Crippen LogP contribution < -0.4 is 10.1 Å². The Kier molecular flexibility index (Phi) is 5.90. The topological polar surface area (TPSA) is 83.7 Å². The Morgan fingerprint density at radius 2 is 2.00 bits per heavy atom. The fraction of sp³-hybridized carbons (Fsp3) is 0.261. The maximum absolute atomic E-state index is 10.3. The molecule has 2 heterocycles. The van der Waals surface area contributed by atoms with Crippen LogP contribution >= 0.6 is 12.2 Å². The lowest BCUT2D eigenvalue weighted by molar-refractivity contribution is 0.372. The first-order valence-corrected chi connectivity index (χ1v) is 10.5. The molecule has 7 nitrogen and oxygen atoms in total. The summed E-state index contributed by atoms with van der Waals surface area (Å²) in [4.78, 5) is 6.71. The van der Waals surface area contributed by atoms with Crippen LogP contribution in [-0.2, 0) is 0 Å². The molecule has 0 amide bonds. The van der Waals surface area contributed by atoms with E-state index in [-0.39, 0.29) is 11.8 Å². The third kappa shape index (κ3) is 3.98. The van der Waals surface area contributed by atoms with Gasteiger partial charge in [-0.15, -0.1) is 0 Å². The van der Waals surface area contributed by atoms with Crippen LogP contribution in [0.25, 0.3) is 17.0 Å². The van der Waals surface area contributed by atoms with E-state index in [0.717, 1.165) is 35.4 Å². The van der Waals surface area contributed by atoms with Crippen molar-refractivity contribution in [1.29, 1.82) is 0 Å². The number of nitrogens with zero attached hydrogens (tertiary/aromatic N) is 3. The summed E-state index contributed by atoms with van der Waals surface area (Å²) in [6.45, 7) is 4.87. The Bertz CT molecular complexity index is 1130. The highest BCUT2D eigenvalue weighted by atomic mass is 32.1. The number of aromatic nitrogens is 2. The molecule has 0 fully saturated rings. The zero-order valence-electron chi connectivity index (χ0n) is 17.6. The van der Waals surface area contributed by atoms with Crippen molar-refractivity contribution in [3.05, 3.63) is 65.7 Å². The van der Waals surface area contributed by atoms with Crippen molar-refractivity contribution in [2.45, 2.75) is 26.3 Å². The minimum atomic E-state index is -0.360. The molecule has 1 aliphatic heterocycles. The molecule has 1 atom stereocenters. The highest BCUT2D eigenvalue weighted by Gasteiger charge is 2.34. The minimum Gasteiger partial charge on any atom is -0.504 e. The molecule has 8 heteroatoms. The molecule has 0 saturated heterocycles. The predicted molar refractivity (Wildman–Crippen MR) is 122 cm³/mol. The molecule has 3 aromatic rings. The van der Waals surface area contributed by atoms with Gasteiger partial charge in [-0.05, 0) is 43.3 Å². The highest BCUT2D eigenvalue weighted by Crippen LogP contribution is 2.39. The van der Waals surface area contributed by atoms with Crippen molar-refractivity contribution >= 4 is 22.9 Å². The number of rotatable bonds is 6. The summed E-state index contributed by atoms with van der Waals surface area (Å²) < 4.78 is 10.9. The second kappa shape index (κ2) is 8.77. The molecule has 0 aliphatic carbocycles. The van der Waals surface area contributed by atoms with Crippen molar-refractivity contribution in [1.82, 2.24) is 20.4 Å². The maximum Gasteiger partial charge on any atom is 0.258 e. The van der Waals surface area contributed by atoms with Gasteiger partial charge in [0.1, 0.15) is 0 Å². The van der Waals surface area contributed by atoms with Crippen molar-refractivity contribution in [3.8, 4) is 22.9 Å². The van der Waals surface area contributed by atoms with Crippen LogP contribution in [0.4, 0.5) is 0 Å². The molecule has 1 aliphatic rings. The standard InChI is InChI=1S/C23H24N4O3S/c1-4-12-27-14(2)19(22-25-21(26-30-22)15-8-6-5-7-9-15)20(24-23(27)31)16-10-11-18(29-3)17(28)13-16/h5-11,13,20,28H,4,12H2,1-3H3,(H,24,31). The zero-order chi connectivity index (χ0) is 22.0. The Hall–Kier alpha value is -3.39. The van der Waals surface area contributed by atoms with E-state index in [1.807, 2.05) is 48.2 Å². The van der Waals surface area contributed by atoms with Crippen molar-refractivity contribution in [2.24, 2.45) is 0 Å². The van der Waals surface area contributed by atoms with Crippen molar-refractivity contribution in [3.63, 3.8) is 0 Å². The van der Waals surface area contributed by atoms with Gasteiger partial charge in [0.15, 0.2) is 16.6 Å². The van der Waals surface area contributed by atoms with Crippen LogP contribution in [0.5, 0.6) is 11.5 Å². The Labute approximate surface area is 186 Å². The lowest BCUT2D eigenvalue weighted by Gasteiger charge is -2.37. The molecule has 0 radical (unpaired) electrons. The first-order valence-electron chi connectivity index (χ1n) is 10.1. The van der Waals surface area contributed by atoms with E-state index >= 15 is 0 Å². The van der Waals surface area contributed by atoms with Crippen molar-refractivity contribution < 1.29 is 14.4 Å². The second-order valence-electron chi connectivity index (χ2n) is 7.25. The first-order chi connectivity index (χ1) is 15.0. The molecule has 2 N–H and O–H groups in total. The molecule has 160 valence electrons. The predicted octanol–water partition coefficient (Wildman–Crippen LogP) is 4.52. The Balaban J connectivity index is 1.82. The van der Waals surface area contributed by atoms with Gasteiger partial charge in [-0.1, -0.05) is 48.5 Å². The van der Waals surface area contributed by atoms with E-state index in [2.05, 4.69) is 22.4 Å². The van der Waals surface area contributed by atoms with Gasteiger partial charge in [0.2, 0.25) is 5.82 Å². The first kappa shape index (κ1) is 20.9. The largest absolute Gasteiger partial charge is 0.504 e. The Morgan fingerprint density at radius 3 is 2.68 bits per heavy atom. The number of phenolic OH excluding ortho intramolecular Hbond substituents is 1. The fourth-order valence-corrected chi connectivity index (χ4v) is 4.07. The van der Waals surface area contributed by atoms with Crippen LogP contribution in [0.3, 0.4) is 0 Å². The average molecular weight is 437 g/mol. The molecular weight excluding hydrogens is 412 g/mol. The summed E-state index contributed by atoms with van der Waals surface area (Å²) in [5, 5.41) is 18.5. The molecule has 0 saturated carbocycles. The number of benzene rings is 2. The molecule has 31 heavy (non-hydrogen) atoms. The van der Waals surface area contributed by atoms with Gasteiger partial charge < -0.3 is 24.6 Å². The minimum absolute atomic E-state index is 0.0520. The van der Waals surface area contributed by atoms with Crippen LogP contribution in [0.1, 0.15) is 37.8 Å². The summed E-state index contributed by atoms with van der Waals surface area (Å²) in [6, 6.07) is 14.6. The monoisotopic (exact) mass is 436 g/mol. The third-order valence-electron chi connectivity index (χ3n) is 5.27. The molecule has 0 bridgehead atoms. The van der Waals surface area contributed by atoms with E-state index in [4.69, 9.17) is 21.5 Å². The fourth-order valence-electron chi connectivity index (χ4n) is 3.73. The van der Waals surface area contributed by atoms with Gasteiger partial charge in [-0.25, -0.2) is 0 Å². The SMILES string of the molecule is CCCN1C(=S)NC(c2ccc(OC)c(O)c2)C(c2nc(-c3ccccc3)no2)=C1C. The summed E-state index contributed by atoms with van der Waals surface area (Å²) >= 11 is 5.64. The number of nitrogens with one attached hydrogen (secondary N) is 1. The number of aromatic hydroxyl groups is 1. The maximum atomic E-state index is 10.3. The average Bonchev–Trinajstić information content (AvgIpc) is 3.26. The molecule has 1 aromatic heterocycles. The van der Waals surface area contributed by atoms with Crippen LogP contribution in [-0.4, -0.2) is 38.9 Å². The van der Waals surface area contributed by atoms with Crippen molar-refractivity contribution in [2.75, 3.05) is 13.7 Å². The second-order valence-corrected chi connectivity index (χ2v) is 7.64. The molecule has 2 aromatic carbocycles. The van der Waals surface area contributed by atoms with Gasteiger partial charge in [-0.2, -0.15) is 4.98 Å². The lowest BCUT2D eigenvalue weighted by atomic mass is 9.94. The van der Waals surface area contributed by atoms with Gasteiger partial charge >= 0.3 is 0 Å². The van der Waals surface area contributed by atoms with Crippen LogP contribution in [0.15, 0.2) is 58.8 Å². The van der Waals surface area contributed by atoms with Crippen LogP contribution in [0, 0.1) is 0 Å². The van der Waals surface area contributed by atoms with E-state index in [0.29, 0.717) is 22.6 Å². The lowest BCUT2D eigenvalue weighted by Crippen LogP contribution is -2.46. The third-order valence-corrected chi connectivity index (χ3v) is 5.61. The van der Waals surface area contributed by atoms with E-state index in [1.165, 1.54) is 7.11 Å². The summed E-state index contributed by atoms with van der Waals surface area (Å²) in [5.74, 6) is 1.38. The number of methoxy groups -OCH3 is 1. The number of hydrogen-bond donors (Lipinski definition) is 2. The smallest absolute Gasteiger partial charge is 0.258 e. The quantitative estimate of drug-likeness (QED) is 0.546. The number of allylic oxidation sites excluding steroid dienone is 1. The van der Waals surface area contributed by atoms with E-state index in [9.17, 15) is 5.11 Å². The number of thiocarbonyl (C=S) groups is 1. The highest BCUT2D eigenvalue weighted by molar-refractivity contribution is 7.80. The molecule has 0 spiro atoms. The molecular formula is C23H24N4O3S. The molecule has 1 unspecified atom stereocenters. The van der Waals surface area contributed by atoms with Gasteiger partial charge in [0.05, 0.1) is 18.7 Å². The van der Waals surface area contributed by atoms with Crippen LogP contribution in [0.2, 0.25) is 0 Å². The number of hydrogen-bond acceptors (Lipinski definition) is 6. The normalized spacial score (nSPS) is 16.4.